The number of nitrogens with zero attached hydrogens (tertiary/aromatic N) is 4. The van der Waals surface area contributed by atoms with Gasteiger partial charge in [-0.05, 0) is 111 Å². The van der Waals surface area contributed by atoms with Crippen LogP contribution in [0.5, 0.6) is 5.75 Å². The molecule has 1 N–H and O–H groups in total. The fraction of sp³-hybridized carbons (Fsp3) is 0.605. The van der Waals surface area contributed by atoms with E-state index in [9.17, 15) is 9.90 Å². The highest BCUT2D eigenvalue weighted by molar-refractivity contribution is 5.94. The van der Waals surface area contributed by atoms with E-state index >= 15 is 0 Å². The average Bonchev–Trinajstić information content (AvgIpc) is 3.58. The van der Waals surface area contributed by atoms with E-state index < -0.39 is 0 Å². The van der Waals surface area contributed by atoms with Crippen molar-refractivity contribution in [3.63, 3.8) is 0 Å². The van der Waals surface area contributed by atoms with Gasteiger partial charge in [0.1, 0.15) is 23.5 Å². The Balaban J connectivity index is 1.13. The number of carbonyl (C=O) groups excluding carboxylic acids is 1. The molecule has 3 aromatic rings. The standard InChI is InChI=1S/C38H50N4O4/c1-25(2)35-40-32(23-46-35)28-11-18-39-34(20-28)42(36(44)27-5-8-30(9-6-27)41-21-31(43)22-41)24-37-12-15-38(16-13-37,17-14-37)29-7-10-33(45-4)26(3)19-29/h7,10-11,18-20,23,25,27,30-31,43H,5-6,8-9,12-17,21-22,24H2,1-4H3. The molecule has 46 heavy (non-hydrogen) atoms. The zero-order chi connectivity index (χ0) is 32.1. The molecule has 1 amide bonds. The smallest absolute Gasteiger partial charge is 0.231 e. The molecule has 1 aliphatic heterocycles. The van der Waals surface area contributed by atoms with Crippen molar-refractivity contribution in [1.82, 2.24) is 14.9 Å². The second-order valence-corrected chi connectivity index (χ2v) is 15.1. The van der Waals surface area contributed by atoms with Gasteiger partial charge in [0.25, 0.3) is 0 Å². The zero-order valence-electron chi connectivity index (χ0n) is 28.0. The highest BCUT2D eigenvalue weighted by Gasteiger charge is 2.51. The molecule has 1 saturated heterocycles. The number of anilines is 1. The van der Waals surface area contributed by atoms with Crippen molar-refractivity contribution >= 4 is 11.7 Å². The van der Waals surface area contributed by atoms with E-state index in [0.29, 0.717) is 18.5 Å². The van der Waals surface area contributed by atoms with Crippen LogP contribution in [0.3, 0.4) is 0 Å². The predicted molar refractivity (Wildman–Crippen MR) is 179 cm³/mol. The van der Waals surface area contributed by atoms with Crippen LogP contribution in [0.15, 0.2) is 47.2 Å². The summed E-state index contributed by atoms with van der Waals surface area (Å²) < 4.78 is 11.3. The van der Waals surface area contributed by atoms with Crippen LogP contribution in [0.1, 0.15) is 101 Å². The molecule has 4 saturated carbocycles. The number of pyridine rings is 1. The summed E-state index contributed by atoms with van der Waals surface area (Å²) >= 11 is 0. The Morgan fingerprint density at radius 1 is 1.07 bits per heavy atom. The van der Waals surface area contributed by atoms with Crippen LogP contribution >= 0.6 is 0 Å². The molecule has 1 aromatic carbocycles. The maximum Gasteiger partial charge on any atom is 0.231 e. The van der Waals surface area contributed by atoms with Gasteiger partial charge in [0.2, 0.25) is 5.91 Å². The number of fused-ring (bicyclic) bond motifs is 3. The topological polar surface area (TPSA) is 91.9 Å². The van der Waals surface area contributed by atoms with Crippen molar-refractivity contribution in [1.29, 1.82) is 0 Å². The van der Waals surface area contributed by atoms with Gasteiger partial charge in [0.15, 0.2) is 5.89 Å². The Bertz CT molecular complexity index is 1530. The van der Waals surface area contributed by atoms with Crippen molar-refractivity contribution in [2.75, 3.05) is 31.6 Å². The number of aliphatic hydroxyl groups is 1. The number of oxazole rings is 1. The van der Waals surface area contributed by atoms with E-state index in [-0.39, 0.29) is 34.7 Å². The summed E-state index contributed by atoms with van der Waals surface area (Å²) in [4.78, 5) is 28.6. The average molecular weight is 627 g/mol. The van der Waals surface area contributed by atoms with Crippen LogP contribution in [0.25, 0.3) is 11.3 Å². The molecule has 0 spiro atoms. The summed E-state index contributed by atoms with van der Waals surface area (Å²) in [6.07, 6.45) is 14.0. The molecule has 2 bridgehead atoms. The minimum atomic E-state index is -0.188. The van der Waals surface area contributed by atoms with E-state index in [1.807, 2.05) is 18.3 Å². The number of β-amino-alcohol motifs (C(OH)–C–C–N with tert-alkyl or cyclic N) is 1. The van der Waals surface area contributed by atoms with Gasteiger partial charge >= 0.3 is 0 Å². The lowest BCUT2D eigenvalue weighted by Crippen LogP contribution is -2.56. The number of likely N-dealkylation sites (tertiary alicyclic amines) is 1. The van der Waals surface area contributed by atoms with Gasteiger partial charge < -0.3 is 14.3 Å². The van der Waals surface area contributed by atoms with Gasteiger partial charge in [-0.3, -0.25) is 14.6 Å². The second kappa shape index (κ2) is 12.4. The third kappa shape index (κ3) is 5.87. The summed E-state index contributed by atoms with van der Waals surface area (Å²) in [5, 5.41) is 9.82. The first kappa shape index (κ1) is 31.4. The van der Waals surface area contributed by atoms with E-state index in [4.69, 9.17) is 19.1 Å². The van der Waals surface area contributed by atoms with Gasteiger partial charge in [-0.25, -0.2) is 9.97 Å². The molecule has 8 nitrogen and oxygen atoms in total. The molecule has 4 aliphatic carbocycles. The van der Waals surface area contributed by atoms with E-state index in [1.165, 1.54) is 11.1 Å². The van der Waals surface area contributed by atoms with Crippen LogP contribution in [0.4, 0.5) is 5.82 Å². The lowest BCUT2D eigenvalue weighted by atomic mass is 9.51. The monoisotopic (exact) mass is 626 g/mol. The molecular formula is C38H50N4O4. The van der Waals surface area contributed by atoms with E-state index in [2.05, 4.69) is 48.8 Å². The lowest BCUT2D eigenvalue weighted by Gasteiger charge is -2.55. The second-order valence-electron chi connectivity index (χ2n) is 15.1. The number of benzene rings is 1. The highest BCUT2D eigenvalue weighted by Crippen LogP contribution is 2.58. The molecule has 5 aliphatic rings. The fourth-order valence-corrected chi connectivity index (χ4v) is 8.85. The number of hydrogen-bond acceptors (Lipinski definition) is 7. The molecular weight excluding hydrogens is 576 g/mol. The predicted octanol–water partition coefficient (Wildman–Crippen LogP) is 7.04. The fourth-order valence-electron chi connectivity index (χ4n) is 8.85. The molecule has 8 heteroatoms. The number of rotatable bonds is 9. The van der Waals surface area contributed by atoms with Gasteiger partial charge in [-0.15, -0.1) is 0 Å². The molecule has 0 unspecified atom stereocenters. The summed E-state index contributed by atoms with van der Waals surface area (Å²) in [6.45, 7) is 8.55. The van der Waals surface area contributed by atoms with Crippen LogP contribution in [-0.2, 0) is 10.2 Å². The SMILES string of the molecule is COc1ccc(C23CCC(CN(C(=O)C4CCC(N5CC(O)C5)CC4)c4cc(-c5coc(C(C)C)n5)ccn4)(CC2)CC3)cc1C. The maximum atomic E-state index is 14.6. The molecule has 3 heterocycles. The number of hydrogen-bond donors (Lipinski definition) is 1. The van der Waals surface area contributed by atoms with Crippen molar-refractivity contribution in [3.05, 3.63) is 59.8 Å². The molecule has 246 valence electrons. The Morgan fingerprint density at radius 3 is 2.39 bits per heavy atom. The zero-order valence-corrected chi connectivity index (χ0v) is 28.0. The summed E-state index contributed by atoms with van der Waals surface area (Å²) in [5.74, 6) is 2.81. The number of aliphatic hydroxyl groups excluding tert-OH is 1. The molecule has 0 radical (unpaired) electrons. The van der Waals surface area contributed by atoms with Crippen LogP contribution in [-0.4, -0.2) is 64.8 Å². The Morgan fingerprint density at radius 2 is 1.78 bits per heavy atom. The first-order chi connectivity index (χ1) is 22.2. The van der Waals surface area contributed by atoms with Gasteiger partial charge in [0.05, 0.1) is 13.2 Å². The largest absolute Gasteiger partial charge is 0.496 e. The summed E-state index contributed by atoms with van der Waals surface area (Å²) in [6, 6.07) is 11.2. The highest BCUT2D eigenvalue weighted by atomic mass is 16.5. The van der Waals surface area contributed by atoms with Crippen molar-refractivity contribution < 1.29 is 19.1 Å². The van der Waals surface area contributed by atoms with Crippen molar-refractivity contribution in [2.45, 2.75) is 108 Å². The third-order valence-corrected chi connectivity index (χ3v) is 12.0. The van der Waals surface area contributed by atoms with Gasteiger partial charge in [-0.2, -0.15) is 0 Å². The van der Waals surface area contributed by atoms with Gasteiger partial charge in [0, 0.05) is 49.3 Å². The number of carbonyl (C=O) groups is 1. The van der Waals surface area contributed by atoms with Crippen LogP contribution in [0.2, 0.25) is 0 Å². The minimum Gasteiger partial charge on any atom is -0.496 e. The first-order valence-electron chi connectivity index (χ1n) is 17.5. The summed E-state index contributed by atoms with van der Waals surface area (Å²) in [7, 11) is 1.74. The number of methoxy groups -OCH3 is 1. The van der Waals surface area contributed by atoms with Crippen LogP contribution < -0.4 is 9.64 Å². The van der Waals surface area contributed by atoms with Crippen molar-refractivity contribution in [3.8, 4) is 17.0 Å². The normalized spacial score (nSPS) is 28.3. The first-order valence-corrected chi connectivity index (χ1v) is 17.5. The summed E-state index contributed by atoms with van der Waals surface area (Å²) in [5.41, 5.74) is 4.67. The number of ether oxygens (including phenoxy) is 1. The van der Waals surface area contributed by atoms with Crippen molar-refractivity contribution in [2.24, 2.45) is 11.3 Å². The number of aromatic nitrogens is 2. The minimum absolute atomic E-state index is 0.00236. The number of aryl methyl sites for hydroxylation is 1. The lowest BCUT2D eigenvalue weighted by molar-refractivity contribution is -0.125. The Kier molecular flexibility index (Phi) is 8.47. The quantitative estimate of drug-likeness (QED) is 0.272. The van der Waals surface area contributed by atoms with Crippen LogP contribution in [0, 0.1) is 18.3 Å². The maximum absolute atomic E-state index is 14.6. The van der Waals surface area contributed by atoms with E-state index in [1.54, 1.807) is 13.4 Å². The Labute approximate surface area is 273 Å². The molecule has 0 atom stereocenters. The number of amides is 1. The molecule has 5 fully saturated rings. The van der Waals surface area contributed by atoms with Gasteiger partial charge in [-0.1, -0.05) is 26.0 Å². The van der Waals surface area contributed by atoms with E-state index in [0.717, 1.165) is 100 Å². The third-order valence-electron chi connectivity index (χ3n) is 12.0. The Hall–Kier alpha value is -3.23. The molecule has 2 aromatic heterocycles. The molecule has 8 rings (SSSR count).